The quantitative estimate of drug-likeness (QED) is 0.557. The number of ether oxygens (including phenoxy) is 2. The lowest BCUT2D eigenvalue weighted by Gasteiger charge is -2.37. The summed E-state index contributed by atoms with van der Waals surface area (Å²) in [7, 11) is 1.62. The van der Waals surface area contributed by atoms with Crippen LogP contribution in [0.4, 0.5) is 4.79 Å². The summed E-state index contributed by atoms with van der Waals surface area (Å²) in [6.07, 6.45) is 1.67. The molecular weight excluding hydrogens is 438 g/mol. The Balaban J connectivity index is 1.75. The first-order valence-corrected chi connectivity index (χ1v) is 12.5. The molecule has 180 valence electrons. The molecule has 0 bridgehead atoms. The number of benzene rings is 1. The zero-order chi connectivity index (χ0) is 23.8. The van der Waals surface area contributed by atoms with Crippen LogP contribution in [0.25, 0.3) is 0 Å². The molecule has 1 aromatic carbocycles. The Kier molecular flexibility index (Phi) is 9.00. The van der Waals surface area contributed by atoms with Crippen LogP contribution >= 0.6 is 11.3 Å². The van der Waals surface area contributed by atoms with Crippen LogP contribution in [0.15, 0.2) is 35.7 Å². The molecule has 0 aliphatic carbocycles. The fourth-order valence-corrected chi connectivity index (χ4v) is 4.93. The van der Waals surface area contributed by atoms with E-state index in [-0.39, 0.29) is 30.4 Å². The molecule has 1 N–H and O–H groups in total. The fourth-order valence-electron chi connectivity index (χ4n) is 4.00. The van der Waals surface area contributed by atoms with E-state index in [4.69, 9.17) is 9.47 Å². The van der Waals surface area contributed by atoms with Crippen molar-refractivity contribution in [3.05, 3.63) is 46.2 Å². The van der Waals surface area contributed by atoms with Crippen molar-refractivity contribution < 1.29 is 19.1 Å². The Labute approximate surface area is 200 Å². The molecular formula is C25H35N3O4S. The van der Waals surface area contributed by atoms with Gasteiger partial charge in [-0.25, -0.2) is 4.79 Å². The number of thiophene rings is 1. The molecule has 1 aliphatic heterocycles. The predicted octanol–water partition coefficient (Wildman–Crippen LogP) is 4.34. The zero-order valence-electron chi connectivity index (χ0n) is 20.0. The van der Waals surface area contributed by atoms with E-state index in [1.807, 2.05) is 49.9 Å². The largest absolute Gasteiger partial charge is 0.497 e. The molecule has 1 aromatic heterocycles. The smallest absolute Gasteiger partial charge is 0.317 e. The van der Waals surface area contributed by atoms with Crippen LogP contribution < -0.4 is 14.8 Å². The van der Waals surface area contributed by atoms with Gasteiger partial charge in [0.2, 0.25) is 5.91 Å². The summed E-state index contributed by atoms with van der Waals surface area (Å²) in [4.78, 5) is 30.9. The van der Waals surface area contributed by atoms with Crippen LogP contribution in [-0.4, -0.2) is 61.6 Å². The van der Waals surface area contributed by atoms with Crippen molar-refractivity contribution in [2.45, 2.75) is 39.7 Å². The summed E-state index contributed by atoms with van der Waals surface area (Å²) in [6.45, 7) is 8.26. The van der Waals surface area contributed by atoms with Crippen molar-refractivity contribution in [1.29, 1.82) is 0 Å². The Hall–Kier alpha value is -2.74. The molecule has 3 rings (SSSR count). The fraction of sp³-hybridized carbons (Fsp3) is 0.520. The Morgan fingerprint density at radius 2 is 2.06 bits per heavy atom. The molecule has 0 saturated heterocycles. The first kappa shape index (κ1) is 24.9. The minimum Gasteiger partial charge on any atom is -0.497 e. The summed E-state index contributed by atoms with van der Waals surface area (Å²) >= 11 is 1.72. The van der Waals surface area contributed by atoms with E-state index >= 15 is 0 Å². The second-order valence-corrected chi connectivity index (χ2v) is 9.65. The van der Waals surface area contributed by atoms with Gasteiger partial charge in [-0.2, -0.15) is 0 Å². The second-order valence-electron chi connectivity index (χ2n) is 8.65. The Morgan fingerprint density at radius 1 is 1.27 bits per heavy atom. The van der Waals surface area contributed by atoms with Crippen LogP contribution in [0.1, 0.15) is 43.7 Å². The number of methoxy groups -OCH3 is 1. The van der Waals surface area contributed by atoms with Crippen molar-refractivity contribution in [1.82, 2.24) is 15.1 Å². The van der Waals surface area contributed by atoms with E-state index in [1.54, 1.807) is 23.3 Å². The first-order chi connectivity index (χ1) is 15.9. The highest BCUT2D eigenvalue weighted by molar-refractivity contribution is 7.10. The summed E-state index contributed by atoms with van der Waals surface area (Å²) in [6, 6.07) is 9.17. The van der Waals surface area contributed by atoms with E-state index in [9.17, 15) is 9.59 Å². The van der Waals surface area contributed by atoms with Gasteiger partial charge in [-0.1, -0.05) is 26.8 Å². The molecule has 2 aromatic rings. The number of hydrogen-bond donors (Lipinski definition) is 1. The highest BCUT2D eigenvalue weighted by atomic mass is 32.1. The Bertz CT molecular complexity index is 930. The number of rotatable bonds is 10. The van der Waals surface area contributed by atoms with Gasteiger partial charge in [0, 0.05) is 30.6 Å². The SMILES string of the molecule is CCCNC(=O)N(CC(=O)N1CCc2sccc2[C@H]1COc1cccc(OC)c1)CC(C)C. The van der Waals surface area contributed by atoms with E-state index in [2.05, 4.69) is 16.8 Å². The van der Waals surface area contributed by atoms with Gasteiger partial charge >= 0.3 is 6.03 Å². The van der Waals surface area contributed by atoms with Gasteiger partial charge in [0.1, 0.15) is 24.7 Å². The van der Waals surface area contributed by atoms with Crippen LogP contribution in [0.2, 0.25) is 0 Å². The van der Waals surface area contributed by atoms with E-state index in [0.29, 0.717) is 32.0 Å². The van der Waals surface area contributed by atoms with Crippen LogP contribution in [0, 0.1) is 5.92 Å². The number of carbonyl (C=O) groups excluding carboxylic acids is 2. The van der Waals surface area contributed by atoms with Crippen molar-refractivity contribution in [2.75, 3.05) is 39.9 Å². The summed E-state index contributed by atoms with van der Waals surface area (Å²) < 4.78 is 11.4. The number of amides is 3. The molecule has 3 amide bonds. The van der Waals surface area contributed by atoms with Crippen molar-refractivity contribution >= 4 is 23.3 Å². The van der Waals surface area contributed by atoms with Crippen LogP contribution in [0.3, 0.4) is 0 Å². The van der Waals surface area contributed by atoms with Crippen molar-refractivity contribution in [3.63, 3.8) is 0 Å². The number of carbonyl (C=O) groups is 2. The molecule has 1 atom stereocenters. The first-order valence-electron chi connectivity index (χ1n) is 11.6. The highest BCUT2D eigenvalue weighted by Crippen LogP contribution is 2.34. The minimum atomic E-state index is -0.196. The molecule has 7 nitrogen and oxygen atoms in total. The van der Waals surface area contributed by atoms with Gasteiger partial charge in [-0.05, 0) is 47.9 Å². The number of nitrogens with zero attached hydrogens (tertiary/aromatic N) is 2. The van der Waals surface area contributed by atoms with Crippen LogP contribution in [-0.2, 0) is 11.2 Å². The number of nitrogens with one attached hydrogen (secondary N) is 1. The maximum atomic E-state index is 13.5. The lowest BCUT2D eigenvalue weighted by Crippen LogP contribution is -2.50. The molecule has 2 heterocycles. The van der Waals surface area contributed by atoms with E-state index in [1.165, 1.54) is 4.88 Å². The van der Waals surface area contributed by atoms with Gasteiger partial charge in [0.25, 0.3) is 0 Å². The summed E-state index contributed by atoms with van der Waals surface area (Å²) in [5.41, 5.74) is 1.13. The average molecular weight is 474 g/mol. The van der Waals surface area contributed by atoms with E-state index < -0.39 is 0 Å². The summed E-state index contributed by atoms with van der Waals surface area (Å²) in [5.74, 6) is 1.63. The molecule has 1 aliphatic rings. The van der Waals surface area contributed by atoms with E-state index in [0.717, 1.165) is 24.2 Å². The molecule has 0 unspecified atom stereocenters. The summed E-state index contributed by atoms with van der Waals surface area (Å²) in [5, 5.41) is 4.98. The molecule has 8 heteroatoms. The van der Waals surface area contributed by atoms with Gasteiger partial charge in [-0.3, -0.25) is 4.79 Å². The maximum absolute atomic E-state index is 13.5. The lowest BCUT2D eigenvalue weighted by molar-refractivity contribution is -0.135. The predicted molar refractivity (Wildman–Crippen MR) is 131 cm³/mol. The van der Waals surface area contributed by atoms with Crippen molar-refractivity contribution in [2.24, 2.45) is 5.92 Å². The van der Waals surface area contributed by atoms with Gasteiger partial charge in [0.05, 0.1) is 13.2 Å². The topological polar surface area (TPSA) is 71.1 Å². The number of fused-ring (bicyclic) bond motifs is 1. The zero-order valence-corrected chi connectivity index (χ0v) is 20.8. The normalized spacial score (nSPS) is 15.2. The molecule has 0 spiro atoms. The Morgan fingerprint density at radius 3 is 2.79 bits per heavy atom. The highest BCUT2D eigenvalue weighted by Gasteiger charge is 2.33. The lowest BCUT2D eigenvalue weighted by atomic mass is 10.0. The van der Waals surface area contributed by atoms with Crippen molar-refractivity contribution in [3.8, 4) is 11.5 Å². The molecule has 0 radical (unpaired) electrons. The van der Waals surface area contributed by atoms with Crippen LogP contribution in [0.5, 0.6) is 11.5 Å². The second kappa shape index (κ2) is 11.9. The third-order valence-corrected chi connectivity index (χ3v) is 6.59. The number of urea groups is 1. The average Bonchev–Trinajstić information content (AvgIpc) is 3.29. The minimum absolute atomic E-state index is 0.0570. The molecule has 33 heavy (non-hydrogen) atoms. The monoisotopic (exact) mass is 473 g/mol. The van der Waals surface area contributed by atoms with Gasteiger partial charge in [-0.15, -0.1) is 11.3 Å². The van der Waals surface area contributed by atoms with Gasteiger partial charge < -0.3 is 24.6 Å². The molecule has 0 saturated carbocycles. The molecule has 0 fully saturated rings. The third-order valence-electron chi connectivity index (χ3n) is 5.59. The van der Waals surface area contributed by atoms with Gasteiger partial charge in [0.15, 0.2) is 0 Å². The standard InChI is InChI=1S/C25H35N3O4S/c1-5-11-26-25(30)27(15-18(2)3)16-24(29)28-12-9-23-21(10-13-33-23)22(28)17-32-20-8-6-7-19(14-20)31-4/h6-8,10,13-14,18,22H,5,9,11-12,15-17H2,1-4H3,(H,26,30)/t22-/m1/s1. The number of hydrogen-bond acceptors (Lipinski definition) is 5. The maximum Gasteiger partial charge on any atom is 0.317 e. The third kappa shape index (κ3) is 6.63.